The molecule has 0 saturated carbocycles. The van der Waals surface area contributed by atoms with E-state index in [-0.39, 0.29) is 5.97 Å². The van der Waals surface area contributed by atoms with E-state index in [0.29, 0.717) is 17.9 Å². The van der Waals surface area contributed by atoms with Crippen molar-refractivity contribution in [3.05, 3.63) is 71.3 Å². The van der Waals surface area contributed by atoms with Crippen LogP contribution in [0.2, 0.25) is 0 Å². The Kier molecular flexibility index (Phi) is 3.83. The lowest BCUT2D eigenvalue weighted by Gasteiger charge is -2.32. The van der Waals surface area contributed by atoms with E-state index in [9.17, 15) is 4.79 Å². The maximum Gasteiger partial charge on any atom is 0.345 e. The molecule has 1 aliphatic rings. The van der Waals surface area contributed by atoms with E-state index in [4.69, 9.17) is 14.2 Å². The summed E-state index contributed by atoms with van der Waals surface area (Å²) >= 11 is 0. The normalized spacial score (nSPS) is 15.1. The van der Waals surface area contributed by atoms with Gasteiger partial charge in [0.25, 0.3) is 0 Å². The molecule has 0 spiro atoms. The topological polar surface area (TPSA) is 44.8 Å². The Bertz CT molecular complexity index is 990. The molecule has 0 N–H and O–H groups in total. The summed E-state index contributed by atoms with van der Waals surface area (Å²) in [6, 6.07) is 17.7. The number of esters is 1. The second kappa shape index (κ2) is 6.06. The first-order chi connectivity index (χ1) is 12.4. The minimum atomic E-state index is -0.967. The average Bonchev–Trinajstić information content (AvgIpc) is 2.59. The first-order valence-corrected chi connectivity index (χ1v) is 8.60. The van der Waals surface area contributed by atoms with Crippen LogP contribution in [0.25, 0.3) is 10.8 Å². The molecule has 1 heterocycles. The van der Waals surface area contributed by atoms with Crippen LogP contribution in [0, 0.1) is 6.92 Å². The van der Waals surface area contributed by atoms with Crippen LogP contribution in [-0.2, 0) is 11.3 Å². The highest BCUT2D eigenvalue weighted by Crippen LogP contribution is 2.40. The number of hydrogen-bond acceptors (Lipinski definition) is 4. The van der Waals surface area contributed by atoms with Crippen molar-refractivity contribution in [1.82, 2.24) is 0 Å². The molecule has 0 unspecified atom stereocenters. The summed E-state index contributed by atoms with van der Waals surface area (Å²) in [5.41, 5.74) is 2.36. The molecule has 0 fully saturated rings. The Morgan fingerprint density at radius 1 is 1.00 bits per heavy atom. The van der Waals surface area contributed by atoms with Crippen molar-refractivity contribution in [3.8, 4) is 11.5 Å². The van der Waals surface area contributed by atoms with Gasteiger partial charge in [0.1, 0.15) is 23.7 Å². The summed E-state index contributed by atoms with van der Waals surface area (Å²) in [5.74, 6) is -0.0414. The molecule has 26 heavy (non-hydrogen) atoms. The van der Waals surface area contributed by atoms with Gasteiger partial charge in [-0.2, -0.15) is 0 Å². The third kappa shape index (κ3) is 2.88. The van der Waals surface area contributed by atoms with E-state index in [0.717, 1.165) is 27.6 Å². The van der Waals surface area contributed by atoms with Crippen LogP contribution >= 0.6 is 0 Å². The van der Waals surface area contributed by atoms with Gasteiger partial charge in [-0.15, -0.1) is 0 Å². The van der Waals surface area contributed by atoms with Gasteiger partial charge in [0.15, 0.2) is 0 Å². The van der Waals surface area contributed by atoms with Crippen molar-refractivity contribution in [2.75, 3.05) is 0 Å². The number of ether oxygens (including phenoxy) is 3. The molecule has 0 bridgehead atoms. The van der Waals surface area contributed by atoms with Gasteiger partial charge < -0.3 is 14.2 Å². The Morgan fingerprint density at radius 2 is 1.77 bits per heavy atom. The Morgan fingerprint density at radius 3 is 2.54 bits per heavy atom. The smallest absolute Gasteiger partial charge is 0.345 e. The second-order valence-electron chi connectivity index (χ2n) is 6.89. The van der Waals surface area contributed by atoms with Crippen molar-refractivity contribution >= 4 is 16.7 Å². The number of carbonyl (C=O) groups excluding carboxylic acids is 1. The average molecular weight is 348 g/mol. The molecule has 0 atom stereocenters. The Hall–Kier alpha value is -3.01. The highest BCUT2D eigenvalue weighted by Gasteiger charge is 2.35. The number of hydrogen-bond donors (Lipinski definition) is 0. The van der Waals surface area contributed by atoms with Gasteiger partial charge in [-0.05, 0) is 35.6 Å². The molecule has 0 aromatic heterocycles. The molecule has 4 rings (SSSR count). The first kappa shape index (κ1) is 16.5. The van der Waals surface area contributed by atoms with Gasteiger partial charge >= 0.3 is 5.97 Å². The maximum atomic E-state index is 12.5. The SMILES string of the molecule is Cc1c2c(cc3cccc(OCc4ccccc4)c13)OC(C)(C)OC2=O. The van der Waals surface area contributed by atoms with Gasteiger partial charge in [-0.1, -0.05) is 42.5 Å². The van der Waals surface area contributed by atoms with Crippen LogP contribution in [0.5, 0.6) is 11.5 Å². The van der Waals surface area contributed by atoms with Crippen LogP contribution in [0.15, 0.2) is 54.6 Å². The first-order valence-electron chi connectivity index (χ1n) is 8.60. The fourth-order valence-electron chi connectivity index (χ4n) is 3.34. The standard InChI is InChI=1S/C22H20O4/c1-14-19-16(12-18-20(14)21(23)26-22(2,3)25-18)10-7-11-17(19)24-13-15-8-5-4-6-9-15/h4-12H,13H2,1-3H3. The summed E-state index contributed by atoms with van der Waals surface area (Å²) < 4.78 is 17.3. The molecule has 0 amide bonds. The number of cyclic esters (lactones) is 1. The lowest BCUT2D eigenvalue weighted by atomic mass is 9.97. The molecular weight excluding hydrogens is 328 g/mol. The predicted octanol–water partition coefficient (Wildman–Crippen LogP) is 5.01. The van der Waals surface area contributed by atoms with E-state index in [1.165, 1.54) is 0 Å². The molecule has 4 nitrogen and oxygen atoms in total. The summed E-state index contributed by atoms with van der Waals surface area (Å²) in [5, 5.41) is 1.87. The van der Waals surface area contributed by atoms with Crippen molar-refractivity contribution < 1.29 is 19.0 Å². The zero-order valence-electron chi connectivity index (χ0n) is 15.0. The molecule has 0 aliphatic carbocycles. The van der Waals surface area contributed by atoms with Gasteiger partial charge in [-0.3, -0.25) is 0 Å². The van der Waals surface area contributed by atoms with Crippen LogP contribution < -0.4 is 9.47 Å². The monoisotopic (exact) mass is 348 g/mol. The van der Waals surface area contributed by atoms with E-state index >= 15 is 0 Å². The highest BCUT2D eigenvalue weighted by atomic mass is 16.7. The minimum Gasteiger partial charge on any atom is -0.488 e. The molecule has 3 aromatic rings. The van der Waals surface area contributed by atoms with Crippen LogP contribution in [-0.4, -0.2) is 11.8 Å². The molecule has 4 heteroatoms. The predicted molar refractivity (Wildman–Crippen MR) is 99.6 cm³/mol. The zero-order chi connectivity index (χ0) is 18.3. The quantitative estimate of drug-likeness (QED) is 0.624. The molecule has 0 saturated heterocycles. The van der Waals surface area contributed by atoms with E-state index in [1.54, 1.807) is 13.8 Å². The zero-order valence-corrected chi connectivity index (χ0v) is 15.0. The number of benzene rings is 3. The molecule has 3 aromatic carbocycles. The Balaban J connectivity index is 1.79. The largest absolute Gasteiger partial charge is 0.488 e. The maximum absolute atomic E-state index is 12.5. The number of aryl methyl sites for hydroxylation is 1. The fourth-order valence-corrected chi connectivity index (χ4v) is 3.34. The third-order valence-corrected chi connectivity index (χ3v) is 4.48. The van der Waals surface area contributed by atoms with E-state index in [2.05, 4.69) is 0 Å². The fraction of sp³-hybridized carbons (Fsp3) is 0.227. The van der Waals surface area contributed by atoms with Crippen molar-refractivity contribution in [1.29, 1.82) is 0 Å². The van der Waals surface area contributed by atoms with Crippen LogP contribution in [0.3, 0.4) is 0 Å². The van der Waals surface area contributed by atoms with Crippen LogP contribution in [0.1, 0.15) is 35.3 Å². The van der Waals surface area contributed by atoms with E-state index < -0.39 is 5.79 Å². The van der Waals surface area contributed by atoms with Crippen molar-refractivity contribution in [2.45, 2.75) is 33.2 Å². The van der Waals surface area contributed by atoms with Gasteiger partial charge in [0.05, 0.1) is 0 Å². The lowest BCUT2D eigenvalue weighted by Crippen LogP contribution is -2.39. The highest BCUT2D eigenvalue weighted by molar-refractivity contribution is 6.04. The summed E-state index contributed by atoms with van der Waals surface area (Å²) in [6.45, 7) is 5.82. The molecule has 132 valence electrons. The van der Waals surface area contributed by atoms with Gasteiger partial charge in [0, 0.05) is 19.2 Å². The third-order valence-electron chi connectivity index (χ3n) is 4.48. The second-order valence-corrected chi connectivity index (χ2v) is 6.89. The molecule has 1 aliphatic heterocycles. The van der Waals surface area contributed by atoms with Crippen molar-refractivity contribution in [3.63, 3.8) is 0 Å². The van der Waals surface area contributed by atoms with E-state index in [1.807, 2.05) is 61.5 Å². The van der Waals surface area contributed by atoms with Crippen molar-refractivity contribution in [2.24, 2.45) is 0 Å². The minimum absolute atomic E-state index is 0.367. The molecule has 0 radical (unpaired) electrons. The van der Waals surface area contributed by atoms with Gasteiger partial charge in [0.2, 0.25) is 5.79 Å². The lowest BCUT2D eigenvalue weighted by molar-refractivity contribution is -0.127. The van der Waals surface area contributed by atoms with Gasteiger partial charge in [-0.25, -0.2) is 4.79 Å². The summed E-state index contributed by atoms with van der Waals surface area (Å²) in [7, 11) is 0. The summed E-state index contributed by atoms with van der Waals surface area (Å²) in [6.07, 6.45) is 0. The summed E-state index contributed by atoms with van der Waals surface area (Å²) in [4.78, 5) is 12.5. The van der Waals surface area contributed by atoms with Crippen LogP contribution in [0.4, 0.5) is 0 Å². The number of carbonyl (C=O) groups is 1. The number of fused-ring (bicyclic) bond motifs is 2. The molecular formula is C22H20O4. The Labute approximate surface area is 152 Å². The number of rotatable bonds is 3.